The molecule has 1 heterocycles. The van der Waals surface area contributed by atoms with Gasteiger partial charge in [-0.05, 0) is 38.9 Å². The van der Waals surface area contributed by atoms with Gasteiger partial charge in [-0.15, -0.1) is 0 Å². The summed E-state index contributed by atoms with van der Waals surface area (Å²) in [5.74, 6) is -0.146. The van der Waals surface area contributed by atoms with Gasteiger partial charge in [0.15, 0.2) is 5.75 Å². The van der Waals surface area contributed by atoms with Crippen LogP contribution >= 0.6 is 0 Å². The first-order valence-electron chi connectivity index (χ1n) is 9.86. The molecule has 0 aliphatic carbocycles. The molecule has 0 aromatic heterocycles. The maximum Gasteiger partial charge on any atom is 0.153 e. The van der Waals surface area contributed by atoms with Gasteiger partial charge >= 0.3 is 0 Å². The van der Waals surface area contributed by atoms with E-state index in [0.29, 0.717) is 16.6 Å². The van der Waals surface area contributed by atoms with E-state index in [2.05, 4.69) is 14.8 Å². The monoisotopic (exact) mass is 386 g/mol. The highest BCUT2D eigenvalue weighted by Crippen LogP contribution is 2.47. The van der Waals surface area contributed by atoms with Crippen molar-refractivity contribution in [3.63, 3.8) is 0 Å². The number of fused-ring (bicyclic) bond motifs is 1. The fourth-order valence-corrected chi connectivity index (χ4v) is 3.70. The minimum Gasteiger partial charge on any atom is -0.507 e. The first-order valence-corrected chi connectivity index (χ1v) is 9.86. The fourth-order valence-electron chi connectivity index (χ4n) is 3.70. The van der Waals surface area contributed by atoms with Crippen molar-refractivity contribution in [1.29, 1.82) is 0 Å². The molecule has 152 valence electrons. The maximum absolute atomic E-state index is 10.6. The molecule has 0 saturated carbocycles. The summed E-state index contributed by atoms with van der Waals surface area (Å²) >= 11 is 0. The number of nitrogens with zero attached hydrogens (tertiary/aromatic N) is 3. The zero-order valence-electron chi connectivity index (χ0n) is 16.4. The zero-order chi connectivity index (χ0) is 20.1. The third-order valence-electron chi connectivity index (χ3n) is 5.41. The van der Waals surface area contributed by atoms with E-state index in [1.54, 1.807) is 25.3 Å². The number of piperazine rings is 1. The van der Waals surface area contributed by atoms with E-state index in [1.807, 2.05) is 0 Å². The highest BCUT2D eigenvalue weighted by Gasteiger charge is 2.18. The minimum absolute atomic E-state index is 0.0319. The number of phenols is 3. The SMILES string of the molecule is Cc1c(N=CCCN2CCN(CCCN)CC2)c(O)c2c(O)cccc2c1O. The second-order valence-corrected chi connectivity index (χ2v) is 7.30. The summed E-state index contributed by atoms with van der Waals surface area (Å²) in [6.07, 6.45) is 3.57. The summed E-state index contributed by atoms with van der Waals surface area (Å²) in [7, 11) is 0. The molecule has 3 rings (SSSR count). The van der Waals surface area contributed by atoms with Crippen molar-refractivity contribution in [3.05, 3.63) is 23.8 Å². The predicted octanol–water partition coefficient (Wildman–Crippen LogP) is 2.32. The van der Waals surface area contributed by atoms with Gasteiger partial charge in [-0.2, -0.15) is 0 Å². The van der Waals surface area contributed by atoms with Crippen molar-refractivity contribution < 1.29 is 15.3 Å². The number of nitrogens with two attached hydrogens (primary N) is 1. The Morgan fingerprint density at radius 1 is 1.04 bits per heavy atom. The lowest BCUT2D eigenvalue weighted by molar-refractivity contribution is 0.135. The lowest BCUT2D eigenvalue weighted by Gasteiger charge is -2.34. The van der Waals surface area contributed by atoms with Crippen molar-refractivity contribution >= 4 is 22.7 Å². The van der Waals surface area contributed by atoms with Crippen molar-refractivity contribution in [3.8, 4) is 17.2 Å². The summed E-state index contributed by atoms with van der Waals surface area (Å²) in [5, 5.41) is 31.7. The first-order chi connectivity index (χ1) is 13.5. The molecule has 28 heavy (non-hydrogen) atoms. The zero-order valence-corrected chi connectivity index (χ0v) is 16.4. The number of hydrogen-bond donors (Lipinski definition) is 4. The molecule has 5 N–H and O–H groups in total. The second kappa shape index (κ2) is 9.23. The van der Waals surface area contributed by atoms with Crippen molar-refractivity contribution in [2.75, 3.05) is 45.8 Å². The van der Waals surface area contributed by atoms with E-state index < -0.39 is 0 Å². The summed E-state index contributed by atoms with van der Waals surface area (Å²) in [6, 6.07) is 4.78. The molecule has 0 radical (unpaired) electrons. The first kappa shape index (κ1) is 20.4. The highest BCUT2D eigenvalue weighted by atomic mass is 16.3. The van der Waals surface area contributed by atoms with Gasteiger partial charge in [-0.1, -0.05) is 12.1 Å². The van der Waals surface area contributed by atoms with Gasteiger partial charge in [0.1, 0.15) is 17.2 Å². The highest BCUT2D eigenvalue weighted by molar-refractivity contribution is 6.02. The van der Waals surface area contributed by atoms with Gasteiger partial charge in [-0.3, -0.25) is 4.99 Å². The number of hydrogen-bond acceptors (Lipinski definition) is 7. The van der Waals surface area contributed by atoms with E-state index in [4.69, 9.17) is 5.73 Å². The molecule has 0 bridgehead atoms. The number of aromatic hydroxyl groups is 3. The summed E-state index contributed by atoms with van der Waals surface area (Å²) in [5.41, 5.74) is 6.38. The van der Waals surface area contributed by atoms with E-state index in [0.717, 1.165) is 58.7 Å². The number of rotatable bonds is 7. The van der Waals surface area contributed by atoms with Crippen LogP contribution in [-0.4, -0.2) is 77.1 Å². The lowest BCUT2D eigenvalue weighted by Crippen LogP contribution is -2.47. The molecular weight excluding hydrogens is 356 g/mol. The van der Waals surface area contributed by atoms with E-state index >= 15 is 0 Å². The van der Waals surface area contributed by atoms with Gasteiger partial charge in [0.05, 0.1) is 5.39 Å². The van der Waals surface area contributed by atoms with Crippen LogP contribution in [-0.2, 0) is 0 Å². The molecular formula is C21H30N4O3. The second-order valence-electron chi connectivity index (χ2n) is 7.30. The Hall–Kier alpha value is -2.35. The van der Waals surface area contributed by atoms with Crippen LogP contribution in [0.15, 0.2) is 23.2 Å². The molecule has 1 saturated heterocycles. The van der Waals surface area contributed by atoms with Crippen LogP contribution in [0.25, 0.3) is 10.8 Å². The van der Waals surface area contributed by atoms with Crippen molar-refractivity contribution in [1.82, 2.24) is 9.80 Å². The Bertz CT molecular complexity index is 845. The third kappa shape index (κ3) is 4.38. The Labute approximate surface area is 165 Å². The quantitative estimate of drug-likeness (QED) is 0.430. The van der Waals surface area contributed by atoms with Crippen LogP contribution in [0.3, 0.4) is 0 Å². The van der Waals surface area contributed by atoms with Gasteiger partial charge in [0.25, 0.3) is 0 Å². The Balaban J connectivity index is 1.62. The van der Waals surface area contributed by atoms with Gasteiger partial charge in [0, 0.05) is 49.9 Å². The number of benzene rings is 2. The number of phenolic OH excluding ortho intramolecular Hbond substituents is 3. The summed E-state index contributed by atoms with van der Waals surface area (Å²) < 4.78 is 0. The fraction of sp³-hybridized carbons (Fsp3) is 0.476. The van der Waals surface area contributed by atoms with Crippen LogP contribution in [0.5, 0.6) is 17.2 Å². The Morgan fingerprint density at radius 2 is 1.71 bits per heavy atom. The molecule has 0 atom stereocenters. The number of aliphatic imine (C=N–C) groups is 1. The molecule has 0 spiro atoms. The largest absolute Gasteiger partial charge is 0.507 e. The Kier molecular flexibility index (Phi) is 6.72. The van der Waals surface area contributed by atoms with Gasteiger partial charge in [0.2, 0.25) is 0 Å². The Morgan fingerprint density at radius 3 is 2.39 bits per heavy atom. The normalized spacial score (nSPS) is 16.4. The standard InChI is InChI=1S/C21H30N4O3/c1-15-19(21(28)18-16(20(15)27)5-2-6-17(18)26)23-8-4-10-25-13-11-24(12-14-25)9-3-7-22/h2,5-6,8,26-28H,3-4,7,9-14,22H2,1H3. The average molecular weight is 386 g/mol. The molecule has 7 heteroatoms. The summed E-state index contributed by atoms with van der Waals surface area (Å²) in [6.45, 7) is 8.63. The van der Waals surface area contributed by atoms with E-state index in [1.165, 1.54) is 6.07 Å². The van der Waals surface area contributed by atoms with Crippen molar-refractivity contribution in [2.24, 2.45) is 10.7 Å². The predicted molar refractivity (Wildman–Crippen MR) is 113 cm³/mol. The van der Waals surface area contributed by atoms with Crippen LogP contribution in [0.2, 0.25) is 0 Å². The molecule has 0 unspecified atom stereocenters. The molecule has 7 nitrogen and oxygen atoms in total. The van der Waals surface area contributed by atoms with Gasteiger partial charge < -0.3 is 30.9 Å². The molecule has 1 fully saturated rings. The summed E-state index contributed by atoms with van der Waals surface area (Å²) in [4.78, 5) is 9.25. The third-order valence-corrected chi connectivity index (χ3v) is 5.41. The minimum atomic E-state index is -0.104. The van der Waals surface area contributed by atoms with Crippen LogP contribution in [0, 0.1) is 6.92 Å². The van der Waals surface area contributed by atoms with Crippen LogP contribution < -0.4 is 5.73 Å². The van der Waals surface area contributed by atoms with E-state index in [-0.39, 0.29) is 22.6 Å². The van der Waals surface area contributed by atoms with Gasteiger partial charge in [-0.25, -0.2) is 0 Å². The average Bonchev–Trinajstić information content (AvgIpc) is 2.70. The molecule has 2 aromatic carbocycles. The van der Waals surface area contributed by atoms with E-state index in [9.17, 15) is 15.3 Å². The molecule has 1 aliphatic rings. The molecule has 2 aromatic rings. The molecule has 1 aliphatic heterocycles. The van der Waals surface area contributed by atoms with Crippen LogP contribution in [0.1, 0.15) is 18.4 Å². The molecule has 0 amide bonds. The smallest absolute Gasteiger partial charge is 0.153 e. The van der Waals surface area contributed by atoms with Crippen molar-refractivity contribution in [2.45, 2.75) is 19.8 Å². The lowest BCUT2D eigenvalue weighted by atomic mass is 10.0. The topological polar surface area (TPSA) is 106 Å². The maximum atomic E-state index is 10.6. The van der Waals surface area contributed by atoms with Crippen LogP contribution in [0.4, 0.5) is 5.69 Å².